The molecule has 120 valence electrons. The zero-order chi connectivity index (χ0) is 16.7. The van der Waals surface area contributed by atoms with E-state index in [1.165, 1.54) is 12.3 Å². The highest BCUT2D eigenvalue weighted by atomic mass is 79.9. The van der Waals surface area contributed by atoms with Crippen molar-refractivity contribution in [1.82, 2.24) is 10.6 Å². The molecule has 1 aromatic heterocycles. The van der Waals surface area contributed by atoms with Crippen LogP contribution in [0.25, 0.3) is 6.08 Å². The lowest BCUT2D eigenvalue weighted by Crippen LogP contribution is -2.36. The number of furan rings is 1. The van der Waals surface area contributed by atoms with Gasteiger partial charge in [-0.15, -0.1) is 0 Å². The Bertz CT molecular complexity index is 693. The third-order valence-electron chi connectivity index (χ3n) is 2.82. The van der Waals surface area contributed by atoms with E-state index in [1.54, 1.807) is 24.3 Å². The Labute approximate surface area is 141 Å². The molecule has 0 aliphatic heterocycles. The van der Waals surface area contributed by atoms with Gasteiger partial charge in [0.15, 0.2) is 5.76 Å². The SMILES string of the molecule is O=C(NCCO)/C(=C/c1ccc(Br)cc1)NC(=O)c1ccco1. The molecule has 0 unspecified atom stereocenters. The number of carbonyl (C=O) groups is 2. The Morgan fingerprint density at radius 2 is 1.96 bits per heavy atom. The molecule has 2 rings (SSSR count). The maximum absolute atomic E-state index is 12.1. The van der Waals surface area contributed by atoms with Crippen LogP contribution in [0.3, 0.4) is 0 Å². The van der Waals surface area contributed by atoms with E-state index < -0.39 is 11.8 Å². The van der Waals surface area contributed by atoms with Gasteiger partial charge in [-0.3, -0.25) is 9.59 Å². The number of aliphatic hydroxyl groups excluding tert-OH is 1. The van der Waals surface area contributed by atoms with E-state index in [-0.39, 0.29) is 24.6 Å². The predicted octanol–water partition coefficient (Wildman–Crippen LogP) is 1.92. The molecule has 0 aliphatic carbocycles. The lowest BCUT2D eigenvalue weighted by Gasteiger charge is -2.09. The first kappa shape index (κ1) is 17.0. The van der Waals surface area contributed by atoms with Crippen molar-refractivity contribution in [3.05, 3.63) is 64.2 Å². The summed E-state index contributed by atoms with van der Waals surface area (Å²) in [6.07, 6.45) is 2.92. The van der Waals surface area contributed by atoms with Crippen molar-refractivity contribution in [2.45, 2.75) is 0 Å². The highest BCUT2D eigenvalue weighted by molar-refractivity contribution is 9.10. The summed E-state index contributed by atoms with van der Waals surface area (Å²) in [4.78, 5) is 24.2. The summed E-state index contributed by atoms with van der Waals surface area (Å²) in [6.45, 7) is -0.101. The quantitative estimate of drug-likeness (QED) is 0.669. The molecule has 0 saturated heterocycles. The Kier molecular flexibility index (Phi) is 6.13. The number of halogens is 1. The zero-order valence-corrected chi connectivity index (χ0v) is 13.7. The summed E-state index contributed by atoms with van der Waals surface area (Å²) in [6, 6.07) is 10.3. The normalized spacial score (nSPS) is 11.1. The number of benzene rings is 1. The van der Waals surface area contributed by atoms with Crippen molar-refractivity contribution < 1.29 is 19.1 Å². The first-order valence-corrected chi connectivity index (χ1v) is 7.60. The highest BCUT2D eigenvalue weighted by Gasteiger charge is 2.15. The topological polar surface area (TPSA) is 91.6 Å². The van der Waals surface area contributed by atoms with Crippen LogP contribution in [0.15, 0.2) is 57.2 Å². The van der Waals surface area contributed by atoms with Gasteiger partial charge < -0.3 is 20.2 Å². The lowest BCUT2D eigenvalue weighted by molar-refractivity contribution is -0.117. The van der Waals surface area contributed by atoms with Crippen LogP contribution in [0.4, 0.5) is 0 Å². The molecule has 0 fully saturated rings. The molecule has 0 saturated carbocycles. The van der Waals surface area contributed by atoms with E-state index in [9.17, 15) is 9.59 Å². The first-order valence-electron chi connectivity index (χ1n) is 6.81. The Balaban J connectivity index is 2.22. The molecular weight excluding hydrogens is 364 g/mol. The van der Waals surface area contributed by atoms with E-state index in [0.717, 1.165) is 10.0 Å². The predicted molar refractivity (Wildman–Crippen MR) is 88.4 cm³/mol. The summed E-state index contributed by atoms with van der Waals surface area (Å²) < 4.78 is 5.91. The number of nitrogens with one attached hydrogen (secondary N) is 2. The van der Waals surface area contributed by atoms with E-state index in [4.69, 9.17) is 9.52 Å². The smallest absolute Gasteiger partial charge is 0.291 e. The molecular formula is C16H15BrN2O4. The van der Waals surface area contributed by atoms with Crippen molar-refractivity contribution in [1.29, 1.82) is 0 Å². The largest absolute Gasteiger partial charge is 0.459 e. The van der Waals surface area contributed by atoms with Crippen molar-refractivity contribution in [2.24, 2.45) is 0 Å². The van der Waals surface area contributed by atoms with Gasteiger partial charge in [0.25, 0.3) is 11.8 Å². The number of hydrogen-bond donors (Lipinski definition) is 3. The standard InChI is InChI=1S/C16H15BrN2O4/c17-12-5-3-11(4-6-12)10-13(15(21)18-7-8-20)19-16(22)14-2-1-9-23-14/h1-6,9-10,20H,7-8H2,(H,18,21)(H,19,22)/b13-10-. The van der Waals surface area contributed by atoms with E-state index >= 15 is 0 Å². The van der Waals surface area contributed by atoms with Crippen LogP contribution < -0.4 is 10.6 Å². The van der Waals surface area contributed by atoms with Crippen LogP contribution in [0.1, 0.15) is 16.1 Å². The van der Waals surface area contributed by atoms with Gasteiger partial charge in [-0.05, 0) is 35.9 Å². The van der Waals surface area contributed by atoms with Crippen molar-refractivity contribution in [3.63, 3.8) is 0 Å². The minimum absolute atomic E-state index is 0.0576. The fourth-order valence-electron chi connectivity index (χ4n) is 1.74. The monoisotopic (exact) mass is 378 g/mol. The van der Waals surface area contributed by atoms with E-state index in [2.05, 4.69) is 26.6 Å². The molecule has 3 N–H and O–H groups in total. The fraction of sp³-hybridized carbons (Fsp3) is 0.125. The Hall–Kier alpha value is -2.38. The fourth-order valence-corrected chi connectivity index (χ4v) is 2.00. The van der Waals surface area contributed by atoms with Gasteiger partial charge >= 0.3 is 0 Å². The van der Waals surface area contributed by atoms with Crippen LogP contribution in [0, 0.1) is 0 Å². The first-order chi connectivity index (χ1) is 11.1. The average Bonchev–Trinajstić information content (AvgIpc) is 3.08. The summed E-state index contributed by atoms with van der Waals surface area (Å²) in [5, 5.41) is 13.8. The van der Waals surface area contributed by atoms with E-state index in [1.807, 2.05) is 12.1 Å². The maximum Gasteiger partial charge on any atom is 0.291 e. The minimum Gasteiger partial charge on any atom is -0.459 e. The van der Waals surface area contributed by atoms with Crippen LogP contribution in [-0.2, 0) is 4.79 Å². The molecule has 1 aromatic carbocycles. The van der Waals surface area contributed by atoms with Crippen molar-refractivity contribution >= 4 is 33.8 Å². The molecule has 6 nitrogen and oxygen atoms in total. The maximum atomic E-state index is 12.1. The Morgan fingerprint density at radius 1 is 1.22 bits per heavy atom. The molecule has 2 aromatic rings. The van der Waals surface area contributed by atoms with Crippen LogP contribution in [-0.4, -0.2) is 30.1 Å². The number of carbonyl (C=O) groups excluding carboxylic acids is 2. The molecule has 2 amide bonds. The van der Waals surface area contributed by atoms with Gasteiger partial charge in [0.2, 0.25) is 0 Å². The van der Waals surface area contributed by atoms with Gasteiger partial charge in [-0.1, -0.05) is 28.1 Å². The molecule has 0 bridgehead atoms. The Morgan fingerprint density at radius 3 is 2.57 bits per heavy atom. The molecule has 7 heteroatoms. The van der Waals surface area contributed by atoms with Gasteiger partial charge in [0, 0.05) is 11.0 Å². The van der Waals surface area contributed by atoms with Crippen LogP contribution in [0.2, 0.25) is 0 Å². The average molecular weight is 379 g/mol. The van der Waals surface area contributed by atoms with Gasteiger partial charge in [0.1, 0.15) is 5.70 Å². The summed E-state index contributed by atoms with van der Waals surface area (Å²) in [7, 11) is 0. The van der Waals surface area contributed by atoms with Gasteiger partial charge in [-0.25, -0.2) is 0 Å². The molecule has 0 aliphatic rings. The number of aliphatic hydroxyl groups is 1. The van der Waals surface area contributed by atoms with Crippen LogP contribution >= 0.6 is 15.9 Å². The van der Waals surface area contributed by atoms with Gasteiger partial charge in [-0.2, -0.15) is 0 Å². The molecule has 1 heterocycles. The summed E-state index contributed by atoms with van der Waals surface area (Å²) in [5.74, 6) is -0.930. The number of hydrogen-bond acceptors (Lipinski definition) is 4. The van der Waals surface area contributed by atoms with E-state index in [0.29, 0.717) is 0 Å². The van der Waals surface area contributed by atoms with Gasteiger partial charge in [0.05, 0.1) is 12.9 Å². The van der Waals surface area contributed by atoms with Crippen LogP contribution in [0.5, 0.6) is 0 Å². The van der Waals surface area contributed by atoms with Crippen molar-refractivity contribution in [3.8, 4) is 0 Å². The molecule has 23 heavy (non-hydrogen) atoms. The third-order valence-corrected chi connectivity index (χ3v) is 3.34. The second-order valence-electron chi connectivity index (χ2n) is 4.52. The number of rotatable bonds is 6. The highest BCUT2D eigenvalue weighted by Crippen LogP contribution is 2.13. The third kappa shape index (κ3) is 5.08. The summed E-state index contributed by atoms with van der Waals surface area (Å²) in [5.41, 5.74) is 0.796. The molecule has 0 radical (unpaired) electrons. The lowest BCUT2D eigenvalue weighted by atomic mass is 10.2. The number of amides is 2. The molecule has 0 atom stereocenters. The molecule has 0 spiro atoms. The zero-order valence-electron chi connectivity index (χ0n) is 12.1. The summed E-state index contributed by atoms with van der Waals surface area (Å²) >= 11 is 3.33. The van der Waals surface area contributed by atoms with Crippen molar-refractivity contribution in [2.75, 3.05) is 13.2 Å². The minimum atomic E-state index is -0.530. The second-order valence-corrected chi connectivity index (χ2v) is 5.44. The second kappa shape index (κ2) is 8.30.